The van der Waals surface area contributed by atoms with Gasteiger partial charge in [0.2, 0.25) is 0 Å². The second-order valence-corrected chi connectivity index (χ2v) is 6.36. The third-order valence-corrected chi connectivity index (χ3v) is 4.13. The van der Waals surface area contributed by atoms with Gasteiger partial charge in [-0.2, -0.15) is 26.3 Å². The summed E-state index contributed by atoms with van der Waals surface area (Å²) in [4.78, 5) is 11.8. The van der Waals surface area contributed by atoms with Crippen LogP contribution in [0.25, 0.3) is 0 Å². The number of Topliss-reactive ketones (excluding diaryl/α,β-unsaturated/α-hetero) is 1. The Balaban J connectivity index is 2.11. The molecule has 11 heteroatoms. The van der Waals surface area contributed by atoms with Crippen LogP contribution >= 0.6 is 0 Å². The van der Waals surface area contributed by atoms with E-state index in [4.69, 9.17) is 0 Å². The minimum Gasteiger partial charge on any atom is -0.299 e. The Hall–Kier alpha value is -2.59. The Morgan fingerprint density at radius 3 is 1.33 bits per heavy atom. The molecule has 0 amide bonds. The van der Waals surface area contributed by atoms with Gasteiger partial charge in [-0.15, -0.1) is 0 Å². The molecule has 0 radical (unpaired) electrons. The van der Waals surface area contributed by atoms with Crippen LogP contribution in [0.4, 0.5) is 43.9 Å². The Labute approximate surface area is 163 Å². The number of ketones is 1. The smallest absolute Gasteiger partial charge is 0.299 e. The van der Waals surface area contributed by atoms with Gasteiger partial charge in [0, 0.05) is 12.8 Å². The normalized spacial score (nSPS) is 14.5. The van der Waals surface area contributed by atoms with Gasteiger partial charge in [-0.25, -0.2) is 17.6 Å². The Bertz CT molecular complexity index is 843. The van der Waals surface area contributed by atoms with Crippen molar-refractivity contribution in [2.45, 2.75) is 37.5 Å². The molecule has 164 valence electrons. The summed E-state index contributed by atoms with van der Waals surface area (Å²) in [7, 11) is 0. The molecule has 0 N–H and O–H groups in total. The predicted octanol–water partition coefficient (Wildman–Crippen LogP) is 7.07. The van der Waals surface area contributed by atoms with Crippen molar-refractivity contribution in [2.24, 2.45) is 0 Å². The lowest BCUT2D eigenvalue weighted by atomic mass is 9.97. The molecular formula is C19H12F10O. The third kappa shape index (κ3) is 5.73. The van der Waals surface area contributed by atoms with E-state index in [0.29, 0.717) is 24.3 Å². The average molecular weight is 446 g/mol. The molecule has 0 bridgehead atoms. The Morgan fingerprint density at radius 1 is 0.700 bits per heavy atom. The molecule has 0 aliphatic carbocycles. The van der Waals surface area contributed by atoms with Crippen molar-refractivity contribution in [3.63, 3.8) is 0 Å². The minimum atomic E-state index is -5.10. The lowest BCUT2D eigenvalue weighted by Gasteiger charge is -2.14. The molecular weight excluding hydrogens is 434 g/mol. The summed E-state index contributed by atoms with van der Waals surface area (Å²) < 4.78 is 131. The van der Waals surface area contributed by atoms with E-state index in [1.165, 1.54) is 0 Å². The number of alkyl halides is 8. The van der Waals surface area contributed by atoms with Crippen LogP contribution in [-0.4, -0.2) is 5.78 Å². The zero-order valence-corrected chi connectivity index (χ0v) is 14.7. The van der Waals surface area contributed by atoms with Crippen molar-refractivity contribution < 1.29 is 48.7 Å². The molecule has 0 aliphatic heterocycles. The maximum Gasteiger partial charge on any atom is 0.419 e. The molecule has 2 aromatic rings. The molecule has 2 atom stereocenters. The summed E-state index contributed by atoms with van der Waals surface area (Å²) in [5.74, 6) is -4.44. The summed E-state index contributed by atoms with van der Waals surface area (Å²) in [6.07, 6.45) is -17.0. The third-order valence-electron chi connectivity index (χ3n) is 4.13. The number of rotatable bonds is 6. The molecule has 2 rings (SSSR count). The first-order valence-electron chi connectivity index (χ1n) is 8.23. The first kappa shape index (κ1) is 23.7. The van der Waals surface area contributed by atoms with E-state index in [9.17, 15) is 48.7 Å². The Morgan fingerprint density at radius 2 is 1.03 bits per heavy atom. The van der Waals surface area contributed by atoms with Gasteiger partial charge in [-0.3, -0.25) is 4.79 Å². The van der Waals surface area contributed by atoms with E-state index in [1.807, 2.05) is 0 Å². The molecule has 0 unspecified atom stereocenters. The fourth-order valence-corrected chi connectivity index (χ4v) is 2.63. The lowest BCUT2D eigenvalue weighted by Crippen LogP contribution is -2.12. The highest BCUT2D eigenvalue weighted by Crippen LogP contribution is 2.36. The van der Waals surface area contributed by atoms with Crippen LogP contribution in [0.2, 0.25) is 0 Å². The fraction of sp³-hybridized carbons (Fsp3) is 0.316. The summed E-state index contributed by atoms with van der Waals surface area (Å²) >= 11 is 0. The molecule has 0 saturated heterocycles. The van der Waals surface area contributed by atoms with Gasteiger partial charge in [0.15, 0.2) is 0 Å². The van der Waals surface area contributed by atoms with Crippen molar-refractivity contribution in [2.75, 3.05) is 0 Å². The van der Waals surface area contributed by atoms with Gasteiger partial charge in [0.1, 0.15) is 29.8 Å². The van der Waals surface area contributed by atoms with Gasteiger partial charge in [-0.1, -0.05) is 12.1 Å². The zero-order valence-electron chi connectivity index (χ0n) is 14.7. The minimum absolute atomic E-state index is 0.176. The SMILES string of the molecule is O=C(C[C@H](F)c1ccc(F)c(C(F)(F)F)c1)C[C@H](F)c1ccc(F)c(C(F)(F)F)c1. The van der Waals surface area contributed by atoms with Crippen molar-refractivity contribution >= 4 is 5.78 Å². The van der Waals surface area contributed by atoms with Crippen LogP contribution in [0.5, 0.6) is 0 Å². The van der Waals surface area contributed by atoms with Crippen LogP contribution < -0.4 is 0 Å². The molecule has 0 fully saturated rings. The monoisotopic (exact) mass is 446 g/mol. The van der Waals surface area contributed by atoms with Crippen LogP contribution in [0.1, 0.15) is 47.4 Å². The van der Waals surface area contributed by atoms with Crippen molar-refractivity contribution in [1.82, 2.24) is 0 Å². The maximum atomic E-state index is 14.2. The van der Waals surface area contributed by atoms with E-state index in [-0.39, 0.29) is 12.1 Å². The van der Waals surface area contributed by atoms with Crippen LogP contribution in [0.15, 0.2) is 36.4 Å². The predicted molar refractivity (Wildman–Crippen MR) is 84.7 cm³/mol. The number of halogens is 10. The summed E-state index contributed by atoms with van der Waals surface area (Å²) in [5.41, 5.74) is -4.84. The summed E-state index contributed by atoms with van der Waals surface area (Å²) in [5, 5.41) is 0. The highest BCUT2D eigenvalue weighted by Gasteiger charge is 2.36. The van der Waals surface area contributed by atoms with Crippen molar-refractivity contribution in [1.29, 1.82) is 0 Å². The van der Waals surface area contributed by atoms with Crippen LogP contribution in [-0.2, 0) is 17.1 Å². The molecule has 0 aliphatic rings. The van der Waals surface area contributed by atoms with E-state index in [2.05, 4.69) is 0 Å². The second-order valence-electron chi connectivity index (χ2n) is 6.36. The van der Waals surface area contributed by atoms with E-state index in [1.54, 1.807) is 0 Å². The molecule has 0 aromatic heterocycles. The number of hydrogen-bond acceptors (Lipinski definition) is 1. The lowest BCUT2D eigenvalue weighted by molar-refractivity contribution is -0.140. The van der Waals surface area contributed by atoms with Gasteiger partial charge in [0.25, 0.3) is 0 Å². The van der Waals surface area contributed by atoms with Gasteiger partial charge in [0.05, 0.1) is 11.1 Å². The number of hydrogen-bond donors (Lipinski definition) is 0. The topological polar surface area (TPSA) is 17.1 Å². The highest BCUT2D eigenvalue weighted by molar-refractivity contribution is 5.79. The molecule has 30 heavy (non-hydrogen) atoms. The molecule has 1 nitrogen and oxygen atoms in total. The zero-order chi connectivity index (χ0) is 22.9. The van der Waals surface area contributed by atoms with E-state index in [0.717, 1.165) is 0 Å². The molecule has 0 heterocycles. The highest BCUT2D eigenvalue weighted by atomic mass is 19.4. The molecule has 0 saturated carbocycles. The van der Waals surface area contributed by atoms with Crippen molar-refractivity contribution in [3.8, 4) is 0 Å². The average Bonchev–Trinajstić information content (AvgIpc) is 2.60. The van der Waals surface area contributed by atoms with Crippen LogP contribution in [0, 0.1) is 11.6 Å². The van der Waals surface area contributed by atoms with Crippen molar-refractivity contribution in [3.05, 3.63) is 70.3 Å². The quantitative estimate of drug-likeness (QED) is 0.434. The fourth-order valence-electron chi connectivity index (χ4n) is 2.63. The van der Waals surface area contributed by atoms with Crippen LogP contribution in [0.3, 0.4) is 0 Å². The Kier molecular flexibility index (Phi) is 6.83. The second kappa shape index (κ2) is 8.65. The maximum absolute atomic E-state index is 14.2. The van der Waals surface area contributed by atoms with Gasteiger partial charge in [-0.05, 0) is 35.4 Å². The number of benzene rings is 2. The first-order chi connectivity index (χ1) is 13.7. The van der Waals surface area contributed by atoms with E-state index >= 15 is 0 Å². The number of carbonyl (C=O) groups excluding carboxylic acids is 1. The standard InChI is InChI=1S/C19H12F10O/c20-14-3-1-9(5-12(14)18(24,25)26)16(22)7-11(30)8-17(23)10-2-4-15(21)13(6-10)19(27,28)29/h1-6,16-17H,7-8H2/t16-,17-/m0/s1. The largest absolute Gasteiger partial charge is 0.419 e. The van der Waals surface area contributed by atoms with Gasteiger partial charge < -0.3 is 0 Å². The molecule has 0 spiro atoms. The molecule has 2 aromatic carbocycles. The summed E-state index contributed by atoms with van der Waals surface area (Å²) in [6, 6.07) is 2.45. The van der Waals surface area contributed by atoms with E-state index < -0.39 is 77.2 Å². The number of carbonyl (C=O) groups is 1. The first-order valence-corrected chi connectivity index (χ1v) is 8.23. The van der Waals surface area contributed by atoms with Gasteiger partial charge >= 0.3 is 12.4 Å². The summed E-state index contributed by atoms with van der Waals surface area (Å²) in [6.45, 7) is 0.